The van der Waals surface area contributed by atoms with Gasteiger partial charge in [-0.3, -0.25) is 9.59 Å². The molecular formula is C21H21N5O3. The normalized spacial score (nSPS) is 14.1. The molecule has 3 heterocycles. The molecule has 1 aliphatic heterocycles. The maximum Gasteiger partial charge on any atom is 0.273 e. The van der Waals surface area contributed by atoms with E-state index in [0.29, 0.717) is 30.2 Å². The summed E-state index contributed by atoms with van der Waals surface area (Å²) in [7, 11) is 0. The van der Waals surface area contributed by atoms with Crippen LogP contribution in [0.4, 0.5) is 11.5 Å². The zero-order valence-electron chi connectivity index (χ0n) is 16.3. The quantitative estimate of drug-likeness (QED) is 0.722. The number of furan rings is 1. The number of hydrogen-bond acceptors (Lipinski definition) is 5. The maximum atomic E-state index is 12.8. The summed E-state index contributed by atoms with van der Waals surface area (Å²) in [6.07, 6.45) is 2.13. The molecule has 0 bridgehead atoms. The van der Waals surface area contributed by atoms with Crippen LogP contribution >= 0.6 is 0 Å². The molecule has 0 fully saturated rings. The molecule has 29 heavy (non-hydrogen) atoms. The monoisotopic (exact) mass is 391 g/mol. The molecule has 0 unspecified atom stereocenters. The topological polar surface area (TPSA) is 92.7 Å². The third-order valence-electron chi connectivity index (χ3n) is 4.60. The van der Waals surface area contributed by atoms with Crippen molar-refractivity contribution in [2.45, 2.75) is 33.2 Å². The van der Waals surface area contributed by atoms with Gasteiger partial charge in [-0.2, -0.15) is 10.2 Å². The first-order chi connectivity index (χ1) is 14.0. The Morgan fingerprint density at radius 1 is 1.17 bits per heavy atom. The number of amides is 2. The molecule has 1 N–H and O–H groups in total. The highest BCUT2D eigenvalue weighted by molar-refractivity contribution is 6.44. The van der Waals surface area contributed by atoms with E-state index in [2.05, 4.69) is 15.5 Å². The average molecular weight is 391 g/mol. The summed E-state index contributed by atoms with van der Waals surface area (Å²) in [5.41, 5.74) is 1.96. The van der Waals surface area contributed by atoms with E-state index < -0.39 is 0 Å². The van der Waals surface area contributed by atoms with Crippen molar-refractivity contribution in [1.82, 2.24) is 9.78 Å². The summed E-state index contributed by atoms with van der Waals surface area (Å²) in [5.74, 6) is 1.60. The third-order valence-corrected chi connectivity index (χ3v) is 4.60. The predicted molar refractivity (Wildman–Crippen MR) is 109 cm³/mol. The summed E-state index contributed by atoms with van der Waals surface area (Å²) >= 11 is 0. The largest absolute Gasteiger partial charge is 0.464 e. The molecule has 3 aromatic rings. The number of anilines is 2. The van der Waals surface area contributed by atoms with Crippen molar-refractivity contribution in [1.29, 1.82) is 0 Å². The Morgan fingerprint density at radius 3 is 2.79 bits per heavy atom. The first-order valence-corrected chi connectivity index (χ1v) is 9.35. The Kier molecular flexibility index (Phi) is 4.99. The lowest BCUT2D eigenvalue weighted by molar-refractivity contribution is -0.118. The van der Waals surface area contributed by atoms with Crippen LogP contribution in [-0.4, -0.2) is 27.3 Å². The van der Waals surface area contributed by atoms with Gasteiger partial charge in [-0.15, -0.1) is 0 Å². The lowest BCUT2D eigenvalue weighted by Gasteiger charge is -2.23. The van der Waals surface area contributed by atoms with Gasteiger partial charge in [-0.25, -0.2) is 9.69 Å². The van der Waals surface area contributed by atoms with Gasteiger partial charge in [0.15, 0.2) is 0 Å². The number of aryl methyl sites for hydroxylation is 2. The summed E-state index contributed by atoms with van der Waals surface area (Å²) in [5, 5.41) is 12.7. The molecule has 148 valence electrons. The molecule has 0 spiro atoms. The van der Waals surface area contributed by atoms with Gasteiger partial charge in [-0.1, -0.05) is 12.1 Å². The second kappa shape index (κ2) is 7.75. The van der Waals surface area contributed by atoms with E-state index in [1.807, 2.05) is 44.2 Å². The molecule has 0 aliphatic carbocycles. The van der Waals surface area contributed by atoms with E-state index in [4.69, 9.17) is 4.42 Å². The van der Waals surface area contributed by atoms with Gasteiger partial charge in [0.25, 0.3) is 5.91 Å². The van der Waals surface area contributed by atoms with Crippen molar-refractivity contribution in [3.63, 3.8) is 0 Å². The zero-order chi connectivity index (χ0) is 20.4. The number of aromatic nitrogens is 2. The van der Waals surface area contributed by atoms with Gasteiger partial charge in [0.05, 0.1) is 11.9 Å². The van der Waals surface area contributed by atoms with Crippen LogP contribution in [0.2, 0.25) is 0 Å². The number of nitrogens with zero attached hydrogens (tertiary/aromatic N) is 4. The fraction of sp³-hybridized carbons (Fsp3) is 0.238. The molecule has 1 aliphatic rings. The minimum absolute atomic E-state index is 0.134. The van der Waals surface area contributed by atoms with Crippen molar-refractivity contribution < 1.29 is 14.0 Å². The SMILES string of the molecule is Cc1cccc(N2N=C(C(=O)Nc3ccnn3Cc3ccc(C)o3)CCC2=O)c1. The molecular weight excluding hydrogens is 370 g/mol. The Bertz CT molecular complexity index is 1100. The fourth-order valence-corrected chi connectivity index (χ4v) is 3.15. The lowest BCUT2D eigenvalue weighted by atomic mass is 10.1. The number of carbonyl (C=O) groups excluding carboxylic acids is 2. The summed E-state index contributed by atoms with van der Waals surface area (Å²) < 4.78 is 7.22. The van der Waals surface area contributed by atoms with Gasteiger partial charge in [-0.05, 0) is 43.7 Å². The fourth-order valence-electron chi connectivity index (χ4n) is 3.15. The van der Waals surface area contributed by atoms with Crippen molar-refractivity contribution in [2.75, 3.05) is 10.3 Å². The molecule has 1 aromatic carbocycles. The number of benzene rings is 1. The van der Waals surface area contributed by atoms with E-state index in [1.54, 1.807) is 23.0 Å². The predicted octanol–water partition coefficient (Wildman–Crippen LogP) is 3.26. The number of hydrazone groups is 1. The smallest absolute Gasteiger partial charge is 0.273 e. The number of nitrogens with one attached hydrogen (secondary N) is 1. The molecule has 0 radical (unpaired) electrons. The highest BCUT2D eigenvalue weighted by Crippen LogP contribution is 2.22. The highest BCUT2D eigenvalue weighted by atomic mass is 16.3. The minimum atomic E-state index is -0.354. The number of hydrogen-bond donors (Lipinski definition) is 1. The van der Waals surface area contributed by atoms with E-state index in [0.717, 1.165) is 17.1 Å². The summed E-state index contributed by atoms with van der Waals surface area (Å²) in [6, 6.07) is 12.9. The van der Waals surface area contributed by atoms with Crippen molar-refractivity contribution in [3.05, 3.63) is 65.7 Å². The second-order valence-corrected chi connectivity index (χ2v) is 6.93. The third kappa shape index (κ3) is 4.11. The molecule has 0 saturated carbocycles. The van der Waals surface area contributed by atoms with Crippen LogP contribution in [0.25, 0.3) is 0 Å². The van der Waals surface area contributed by atoms with Crippen LogP contribution in [0.1, 0.15) is 29.9 Å². The van der Waals surface area contributed by atoms with Crippen LogP contribution in [0.5, 0.6) is 0 Å². The Hall–Kier alpha value is -3.68. The minimum Gasteiger partial charge on any atom is -0.464 e. The highest BCUT2D eigenvalue weighted by Gasteiger charge is 2.26. The Balaban J connectivity index is 1.52. The van der Waals surface area contributed by atoms with Crippen LogP contribution in [0.3, 0.4) is 0 Å². The van der Waals surface area contributed by atoms with Gasteiger partial charge in [0.1, 0.15) is 29.6 Å². The average Bonchev–Trinajstić information content (AvgIpc) is 3.31. The molecule has 0 saturated heterocycles. The number of rotatable bonds is 5. The summed E-state index contributed by atoms with van der Waals surface area (Å²) in [6.45, 7) is 4.21. The van der Waals surface area contributed by atoms with Gasteiger partial charge in [0.2, 0.25) is 5.91 Å². The van der Waals surface area contributed by atoms with Gasteiger partial charge >= 0.3 is 0 Å². The first-order valence-electron chi connectivity index (χ1n) is 9.35. The van der Waals surface area contributed by atoms with Crippen LogP contribution in [0.15, 0.2) is 58.2 Å². The molecule has 8 heteroatoms. The van der Waals surface area contributed by atoms with Crippen molar-refractivity contribution in [3.8, 4) is 0 Å². The number of carbonyl (C=O) groups is 2. The second-order valence-electron chi connectivity index (χ2n) is 6.93. The zero-order valence-corrected chi connectivity index (χ0v) is 16.3. The van der Waals surface area contributed by atoms with Crippen LogP contribution < -0.4 is 10.3 Å². The lowest BCUT2D eigenvalue weighted by Crippen LogP contribution is -2.36. The molecule has 0 atom stereocenters. The van der Waals surface area contributed by atoms with Gasteiger partial charge < -0.3 is 9.73 Å². The molecule has 4 rings (SSSR count). The van der Waals surface area contributed by atoms with Crippen LogP contribution in [-0.2, 0) is 16.1 Å². The Labute approximate surface area is 167 Å². The molecule has 2 aromatic heterocycles. The van der Waals surface area contributed by atoms with Crippen molar-refractivity contribution in [2.24, 2.45) is 5.10 Å². The van der Waals surface area contributed by atoms with E-state index in [1.165, 1.54) is 5.01 Å². The summed E-state index contributed by atoms with van der Waals surface area (Å²) in [4.78, 5) is 25.1. The van der Waals surface area contributed by atoms with E-state index in [9.17, 15) is 9.59 Å². The van der Waals surface area contributed by atoms with Crippen LogP contribution in [0, 0.1) is 13.8 Å². The molecule has 2 amide bonds. The maximum absolute atomic E-state index is 12.8. The van der Waals surface area contributed by atoms with E-state index >= 15 is 0 Å². The first kappa shape index (κ1) is 18.7. The molecule has 8 nitrogen and oxygen atoms in total. The Morgan fingerprint density at radius 2 is 2.03 bits per heavy atom. The van der Waals surface area contributed by atoms with Gasteiger partial charge in [0, 0.05) is 18.9 Å². The van der Waals surface area contributed by atoms with Crippen molar-refractivity contribution >= 4 is 29.0 Å². The standard InChI is InChI=1S/C21H21N5O3/c1-14-4-3-5-16(12-14)26-20(27)9-8-18(24-26)21(28)23-19-10-11-22-25(19)13-17-7-6-15(2)29-17/h3-7,10-12H,8-9,13H2,1-2H3,(H,23,28). The van der Waals surface area contributed by atoms with E-state index in [-0.39, 0.29) is 18.2 Å².